The molecule has 0 aliphatic heterocycles. The summed E-state index contributed by atoms with van der Waals surface area (Å²) in [5.41, 5.74) is 1.80. The number of aryl methyl sites for hydroxylation is 1. The Labute approximate surface area is 93.2 Å². The average Bonchev–Trinajstić information content (AvgIpc) is 2.62. The third-order valence-electron chi connectivity index (χ3n) is 2.16. The molecule has 0 saturated heterocycles. The summed E-state index contributed by atoms with van der Waals surface area (Å²) in [7, 11) is 0. The molecule has 0 bridgehead atoms. The first-order valence-corrected chi connectivity index (χ1v) is 5.56. The summed E-state index contributed by atoms with van der Waals surface area (Å²) in [4.78, 5) is 5.46. The number of aliphatic hydroxyl groups excluding tert-OH is 1. The molecule has 0 atom stereocenters. The van der Waals surface area contributed by atoms with Gasteiger partial charge in [0, 0.05) is 10.4 Å². The predicted octanol–water partition coefficient (Wildman–Crippen LogP) is 3.39. The summed E-state index contributed by atoms with van der Waals surface area (Å²) in [6.07, 6.45) is 0.283. The van der Waals surface area contributed by atoms with Crippen LogP contribution in [0.25, 0.3) is 10.6 Å². The van der Waals surface area contributed by atoms with E-state index in [-0.39, 0.29) is 6.10 Å². The Morgan fingerprint density at radius 1 is 1.27 bits per heavy atom. The van der Waals surface area contributed by atoms with Crippen molar-refractivity contribution in [1.82, 2.24) is 4.98 Å². The lowest BCUT2D eigenvalue weighted by Gasteiger charge is -1.97. The molecule has 0 aliphatic rings. The molecule has 1 aromatic carbocycles. The molecule has 1 heterocycles. The van der Waals surface area contributed by atoms with Gasteiger partial charge < -0.3 is 5.11 Å². The normalized spacial score (nSPS) is 10.9. The van der Waals surface area contributed by atoms with Gasteiger partial charge in [0.25, 0.3) is 0 Å². The van der Waals surface area contributed by atoms with Crippen LogP contribution in [0, 0.1) is 13.0 Å². The molecular weight excluding hydrogens is 206 g/mol. The van der Waals surface area contributed by atoms with Crippen LogP contribution >= 0.6 is 11.3 Å². The van der Waals surface area contributed by atoms with Crippen molar-refractivity contribution in [3.63, 3.8) is 0 Å². The van der Waals surface area contributed by atoms with E-state index in [0.29, 0.717) is 5.69 Å². The quantitative estimate of drug-likeness (QED) is 0.838. The van der Waals surface area contributed by atoms with Crippen LogP contribution in [-0.4, -0.2) is 10.1 Å². The molecular formula is C12H12NOS. The van der Waals surface area contributed by atoms with Gasteiger partial charge in [-0.05, 0) is 13.8 Å². The van der Waals surface area contributed by atoms with Crippen LogP contribution in [0.1, 0.15) is 17.5 Å². The molecule has 1 radical (unpaired) electrons. The second kappa shape index (κ2) is 4.13. The van der Waals surface area contributed by atoms with E-state index < -0.39 is 0 Å². The molecule has 2 rings (SSSR count). The largest absolute Gasteiger partial charge is 0.380 e. The van der Waals surface area contributed by atoms with Crippen molar-refractivity contribution in [3.05, 3.63) is 47.0 Å². The lowest BCUT2D eigenvalue weighted by Crippen LogP contribution is -1.94. The topological polar surface area (TPSA) is 33.1 Å². The second-order valence-corrected chi connectivity index (χ2v) is 4.58. The zero-order chi connectivity index (χ0) is 10.8. The summed E-state index contributed by atoms with van der Waals surface area (Å²) in [5.74, 6) is 0. The van der Waals surface area contributed by atoms with E-state index in [1.807, 2.05) is 37.3 Å². The molecule has 0 amide bonds. The fraction of sp³-hybridized carbons (Fsp3) is 0.167. The molecule has 1 N–H and O–H groups in total. The van der Waals surface area contributed by atoms with Gasteiger partial charge in [-0.15, -0.1) is 11.3 Å². The molecule has 0 spiro atoms. The first-order valence-electron chi connectivity index (χ1n) is 4.74. The number of thiazole rings is 1. The summed E-state index contributed by atoms with van der Waals surface area (Å²) in [6.45, 7) is 3.63. The fourth-order valence-corrected chi connectivity index (χ4v) is 2.41. The third-order valence-corrected chi connectivity index (χ3v) is 3.18. The van der Waals surface area contributed by atoms with Crippen LogP contribution in [-0.2, 0) is 0 Å². The summed E-state index contributed by atoms with van der Waals surface area (Å²) < 4.78 is 0. The van der Waals surface area contributed by atoms with Crippen molar-refractivity contribution in [1.29, 1.82) is 0 Å². The monoisotopic (exact) mass is 218 g/mol. The number of nitrogens with zero attached hydrogens (tertiary/aromatic N) is 1. The van der Waals surface area contributed by atoms with Gasteiger partial charge >= 0.3 is 0 Å². The molecule has 2 nitrogen and oxygen atoms in total. The Bertz CT molecular complexity index is 448. The van der Waals surface area contributed by atoms with E-state index in [0.717, 1.165) is 15.4 Å². The van der Waals surface area contributed by atoms with Crippen molar-refractivity contribution in [3.8, 4) is 10.6 Å². The van der Waals surface area contributed by atoms with Crippen LogP contribution < -0.4 is 0 Å². The molecule has 1 aromatic heterocycles. The van der Waals surface area contributed by atoms with E-state index in [2.05, 4.69) is 4.98 Å². The Kier molecular flexibility index (Phi) is 2.84. The third kappa shape index (κ3) is 2.08. The molecule has 0 saturated carbocycles. The number of aliphatic hydroxyl groups is 1. The van der Waals surface area contributed by atoms with Gasteiger partial charge in [0.15, 0.2) is 0 Å². The van der Waals surface area contributed by atoms with Crippen molar-refractivity contribution < 1.29 is 5.11 Å². The van der Waals surface area contributed by atoms with E-state index in [9.17, 15) is 5.11 Å². The Hall–Kier alpha value is -1.19. The van der Waals surface area contributed by atoms with Crippen LogP contribution in [0.2, 0.25) is 0 Å². The van der Waals surface area contributed by atoms with Gasteiger partial charge in [-0.3, -0.25) is 0 Å². The predicted molar refractivity (Wildman–Crippen MR) is 62.2 cm³/mol. The van der Waals surface area contributed by atoms with Crippen LogP contribution in [0.5, 0.6) is 0 Å². The Morgan fingerprint density at radius 3 is 2.47 bits per heavy atom. The van der Waals surface area contributed by atoms with Gasteiger partial charge in [0.1, 0.15) is 11.1 Å². The van der Waals surface area contributed by atoms with E-state index >= 15 is 0 Å². The minimum atomic E-state index is 0.283. The maximum atomic E-state index is 9.43. The Morgan fingerprint density at radius 2 is 1.93 bits per heavy atom. The number of aromatic nitrogens is 1. The Balaban J connectivity index is 2.43. The highest BCUT2D eigenvalue weighted by Crippen LogP contribution is 2.29. The van der Waals surface area contributed by atoms with Crippen molar-refractivity contribution in [2.75, 3.05) is 0 Å². The number of hydrogen-bond donors (Lipinski definition) is 1. The molecule has 77 valence electrons. The minimum absolute atomic E-state index is 0.283. The van der Waals surface area contributed by atoms with E-state index in [1.165, 1.54) is 0 Å². The standard InChI is InChI=1S/C12H12NOS/c1-8(14)11-9(2)15-12(13-11)10-6-4-3-5-7-10/h3-7,14H,1-2H3. The number of hydrogen-bond acceptors (Lipinski definition) is 3. The number of rotatable bonds is 2. The van der Waals surface area contributed by atoms with Gasteiger partial charge in [0.05, 0.1) is 5.69 Å². The highest BCUT2D eigenvalue weighted by molar-refractivity contribution is 7.15. The molecule has 0 unspecified atom stereocenters. The second-order valence-electron chi connectivity index (χ2n) is 3.38. The van der Waals surface area contributed by atoms with Crippen LogP contribution in [0.3, 0.4) is 0 Å². The molecule has 2 aromatic rings. The lowest BCUT2D eigenvalue weighted by atomic mass is 10.2. The average molecular weight is 218 g/mol. The molecule has 0 aliphatic carbocycles. The van der Waals surface area contributed by atoms with Gasteiger partial charge in [-0.2, -0.15) is 0 Å². The maximum Gasteiger partial charge on any atom is 0.139 e. The molecule has 0 fully saturated rings. The highest BCUT2D eigenvalue weighted by Gasteiger charge is 2.13. The van der Waals surface area contributed by atoms with Gasteiger partial charge in [-0.1, -0.05) is 30.3 Å². The first kappa shape index (κ1) is 10.3. The molecule has 3 heteroatoms. The maximum absolute atomic E-state index is 9.43. The summed E-state index contributed by atoms with van der Waals surface area (Å²) in [6, 6.07) is 10.0. The van der Waals surface area contributed by atoms with Crippen molar-refractivity contribution in [2.45, 2.75) is 13.8 Å². The van der Waals surface area contributed by atoms with Crippen LogP contribution in [0.4, 0.5) is 0 Å². The first-order chi connectivity index (χ1) is 7.18. The molecule has 15 heavy (non-hydrogen) atoms. The SMILES string of the molecule is C[C](O)c1nc(-c2ccccc2)sc1C. The fourth-order valence-electron chi connectivity index (χ4n) is 1.44. The van der Waals surface area contributed by atoms with E-state index in [4.69, 9.17) is 0 Å². The highest BCUT2D eigenvalue weighted by atomic mass is 32.1. The van der Waals surface area contributed by atoms with Crippen LogP contribution in [0.15, 0.2) is 30.3 Å². The van der Waals surface area contributed by atoms with E-state index in [1.54, 1.807) is 18.3 Å². The lowest BCUT2D eigenvalue weighted by molar-refractivity contribution is 0.336. The van der Waals surface area contributed by atoms with Crippen molar-refractivity contribution >= 4 is 11.3 Å². The smallest absolute Gasteiger partial charge is 0.139 e. The summed E-state index contributed by atoms with van der Waals surface area (Å²) >= 11 is 1.60. The zero-order valence-corrected chi connectivity index (χ0v) is 9.51. The minimum Gasteiger partial charge on any atom is -0.380 e. The van der Waals surface area contributed by atoms with Crippen molar-refractivity contribution in [2.24, 2.45) is 0 Å². The number of benzene rings is 1. The van der Waals surface area contributed by atoms with Gasteiger partial charge in [0.2, 0.25) is 0 Å². The zero-order valence-electron chi connectivity index (χ0n) is 8.69. The van der Waals surface area contributed by atoms with Gasteiger partial charge in [-0.25, -0.2) is 4.98 Å². The summed E-state index contributed by atoms with van der Waals surface area (Å²) in [5, 5.41) is 10.4.